The highest BCUT2D eigenvalue weighted by Gasteiger charge is 2.30. The summed E-state index contributed by atoms with van der Waals surface area (Å²) in [7, 11) is 0. The number of nitrogens with zero attached hydrogens (tertiary/aromatic N) is 2. The Hall–Kier alpha value is -1.62. The summed E-state index contributed by atoms with van der Waals surface area (Å²) in [6.45, 7) is 2.73. The van der Waals surface area contributed by atoms with Crippen LogP contribution in [0.5, 0.6) is 0 Å². The number of rotatable bonds is 4. The highest BCUT2D eigenvalue weighted by Crippen LogP contribution is 2.47. The van der Waals surface area contributed by atoms with Crippen LogP contribution in [0.25, 0.3) is 0 Å². The van der Waals surface area contributed by atoms with E-state index < -0.39 is 0 Å². The zero-order chi connectivity index (χ0) is 12.5. The lowest BCUT2D eigenvalue weighted by atomic mass is 10.2. The summed E-state index contributed by atoms with van der Waals surface area (Å²) < 4.78 is 4.24. The zero-order valence-corrected chi connectivity index (χ0v) is 11.1. The molecule has 5 heteroatoms. The quantitative estimate of drug-likeness (QED) is 0.887. The van der Waals surface area contributed by atoms with Crippen LogP contribution in [0, 0.1) is 6.92 Å². The predicted octanol–water partition coefficient (Wildman–Crippen LogP) is 2.92. The summed E-state index contributed by atoms with van der Waals surface area (Å²) in [4.78, 5) is 4.48. The van der Waals surface area contributed by atoms with Crippen molar-refractivity contribution in [3.63, 3.8) is 0 Å². The summed E-state index contributed by atoms with van der Waals surface area (Å²) >= 11 is 1.45. The Kier molecular flexibility index (Phi) is 2.91. The molecule has 2 aromatic rings. The molecule has 0 saturated heterocycles. The van der Waals surface area contributed by atoms with Gasteiger partial charge in [0.25, 0.3) is 0 Å². The van der Waals surface area contributed by atoms with E-state index >= 15 is 0 Å². The van der Waals surface area contributed by atoms with Gasteiger partial charge in [-0.2, -0.15) is 4.37 Å². The van der Waals surface area contributed by atoms with Crippen LogP contribution < -0.4 is 11.1 Å². The van der Waals surface area contributed by atoms with Crippen molar-refractivity contribution in [3.05, 3.63) is 35.2 Å². The van der Waals surface area contributed by atoms with E-state index in [0.717, 1.165) is 22.9 Å². The monoisotopic (exact) mass is 260 g/mol. The smallest absolute Gasteiger partial charge is 0.142 e. The second-order valence-electron chi connectivity index (χ2n) is 4.71. The molecule has 1 saturated carbocycles. The maximum atomic E-state index is 5.92. The van der Waals surface area contributed by atoms with Crippen LogP contribution in [0.15, 0.2) is 18.2 Å². The van der Waals surface area contributed by atoms with E-state index in [1.807, 2.05) is 25.1 Å². The van der Waals surface area contributed by atoms with Gasteiger partial charge in [0.05, 0.1) is 12.2 Å². The molecule has 94 valence electrons. The van der Waals surface area contributed by atoms with Gasteiger partial charge in [-0.25, -0.2) is 0 Å². The third kappa shape index (κ3) is 2.31. The highest BCUT2D eigenvalue weighted by atomic mass is 32.1. The number of pyridine rings is 1. The molecule has 0 bridgehead atoms. The number of nitrogen functional groups attached to an aromatic ring is 1. The van der Waals surface area contributed by atoms with Crippen LogP contribution in [0.1, 0.15) is 35.7 Å². The second kappa shape index (κ2) is 4.57. The van der Waals surface area contributed by atoms with Crippen LogP contribution >= 0.6 is 11.5 Å². The first-order chi connectivity index (χ1) is 8.74. The van der Waals surface area contributed by atoms with Gasteiger partial charge in [0.2, 0.25) is 0 Å². The molecule has 18 heavy (non-hydrogen) atoms. The molecule has 4 nitrogen and oxygen atoms in total. The fraction of sp³-hybridized carbons (Fsp3) is 0.385. The topological polar surface area (TPSA) is 63.8 Å². The van der Waals surface area contributed by atoms with Gasteiger partial charge in [0, 0.05) is 11.3 Å². The molecule has 0 radical (unpaired) electrons. The zero-order valence-electron chi connectivity index (χ0n) is 10.3. The van der Waals surface area contributed by atoms with Crippen LogP contribution in [0.3, 0.4) is 0 Å². The normalized spacial score (nSPS) is 14.7. The summed E-state index contributed by atoms with van der Waals surface area (Å²) in [5.41, 5.74) is 9.22. The standard InChI is InChI=1S/C13H16N4S/c1-8-3-2-4-10(16-8)7-15-13-11(9-5-6-9)12(14)17-18-13/h2-4,9,15H,5-7H2,1H3,(H2,14,17). The number of nitrogens with one attached hydrogen (secondary N) is 1. The van der Waals surface area contributed by atoms with E-state index in [1.54, 1.807) is 0 Å². The molecule has 2 aromatic heterocycles. The third-order valence-electron chi connectivity index (χ3n) is 3.12. The maximum Gasteiger partial charge on any atom is 0.142 e. The lowest BCUT2D eigenvalue weighted by Crippen LogP contribution is -2.03. The number of hydrogen-bond acceptors (Lipinski definition) is 5. The van der Waals surface area contributed by atoms with Crippen LogP contribution in [-0.2, 0) is 6.54 Å². The third-order valence-corrected chi connectivity index (χ3v) is 3.95. The number of aryl methyl sites for hydroxylation is 1. The predicted molar refractivity (Wildman–Crippen MR) is 74.8 cm³/mol. The van der Waals surface area contributed by atoms with Gasteiger partial charge in [-0.3, -0.25) is 4.98 Å². The lowest BCUT2D eigenvalue weighted by Gasteiger charge is -2.06. The number of hydrogen-bond donors (Lipinski definition) is 2. The van der Waals surface area contributed by atoms with Gasteiger partial charge < -0.3 is 11.1 Å². The lowest BCUT2D eigenvalue weighted by molar-refractivity contribution is 1.01. The highest BCUT2D eigenvalue weighted by molar-refractivity contribution is 7.10. The van der Waals surface area contributed by atoms with Crippen LogP contribution in [-0.4, -0.2) is 9.36 Å². The fourth-order valence-corrected chi connectivity index (χ4v) is 2.87. The van der Waals surface area contributed by atoms with Crippen molar-refractivity contribution < 1.29 is 0 Å². The molecular weight excluding hydrogens is 244 g/mol. The van der Waals surface area contributed by atoms with Crippen LogP contribution in [0.2, 0.25) is 0 Å². The van der Waals surface area contributed by atoms with E-state index in [1.165, 1.54) is 29.9 Å². The van der Waals surface area contributed by atoms with Crippen molar-refractivity contribution in [2.75, 3.05) is 11.1 Å². The molecule has 0 unspecified atom stereocenters. The molecule has 0 atom stereocenters. The largest absolute Gasteiger partial charge is 0.383 e. The van der Waals surface area contributed by atoms with Crippen molar-refractivity contribution in [1.29, 1.82) is 0 Å². The first-order valence-corrected chi connectivity index (χ1v) is 6.93. The molecular formula is C13H16N4S. The van der Waals surface area contributed by atoms with Gasteiger partial charge in [-0.1, -0.05) is 6.07 Å². The molecule has 1 fully saturated rings. The van der Waals surface area contributed by atoms with Gasteiger partial charge in [0.1, 0.15) is 10.8 Å². The average Bonchev–Trinajstić information content (AvgIpc) is 3.11. The summed E-state index contributed by atoms with van der Waals surface area (Å²) in [6, 6.07) is 6.06. The van der Waals surface area contributed by atoms with E-state index in [-0.39, 0.29) is 0 Å². The Morgan fingerprint density at radius 3 is 3.00 bits per heavy atom. The average molecular weight is 260 g/mol. The van der Waals surface area contributed by atoms with Crippen molar-refractivity contribution >= 4 is 22.4 Å². The first-order valence-electron chi connectivity index (χ1n) is 6.15. The summed E-state index contributed by atoms with van der Waals surface area (Å²) in [5, 5.41) is 4.52. The molecule has 1 aliphatic rings. The van der Waals surface area contributed by atoms with Crippen molar-refractivity contribution in [1.82, 2.24) is 9.36 Å². The molecule has 0 aromatic carbocycles. The van der Waals surface area contributed by atoms with Gasteiger partial charge in [0.15, 0.2) is 0 Å². The molecule has 2 heterocycles. The SMILES string of the molecule is Cc1cccc(CNc2snc(N)c2C2CC2)n1. The Morgan fingerprint density at radius 1 is 1.44 bits per heavy atom. The Balaban J connectivity index is 1.73. The summed E-state index contributed by atoms with van der Waals surface area (Å²) in [6.07, 6.45) is 2.47. The Labute approximate surface area is 110 Å². The van der Waals surface area contributed by atoms with E-state index in [2.05, 4.69) is 14.7 Å². The number of anilines is 2. The minimum atomic E-state index is 0.622. The molecule has 3 rings (SSSR count). The van der Waals surface area contributed by atoms with Gasteiger partial charge >= 0.3 is 0 Å². The molecule has 0 aliphatic heterocycles. The van der Waals surface area contributed by atoms with Crippen molar-refractivity contribution in [3.8, 4) is 0 Å². The minimum absolute atomic E-state index is 0.622. The van der Waals surface area contributed by atoms with E-state index in [9.17, 15) is 0 Å². The Bertz CT molecular complexity index is 560. The van der Waals surface area contributed by atoms with Crippen LogP contribution in [0.4, 0.5) is 10.8 Å². The number of nitrogens with two attached hydrogens (primary N) is 1. The fourth-order valence-electron chi connectivity index (χ4n) is 2.07. The van der Waals surface area contributed by atoms with E-state index in [0.29, 0.717) is 11.7 Å². The first kappa shape index (κ1) is 11.5. The van der Waals surface area contributed by atoms with Crippen molar-refractivity contribution in [2.24, 2.45) is 0 Å². The maximum absolute atomic E-state index is 5.92. The second-order valence-corrected chi connectivity index (χ2v) is 5.48. The number of aromatic nitrogens is 2. The van der Waals surface area contributed by atoms with Gasteiger partial charge in [-0.15, -0.1) is 0 Å². The molecule has 0 spiro atoms. The molecule has 1 aliphatic carbocycles. The Morgan fingerprint density at radius 2 is 2.28 bits per heavy atom. The van der Waals surface area contributed by atoms with Crippen molar-refractivity contribution in [2.45, 2.75) is 32.2 Å². The molecule has 0 amide bonds. The van der Waals surface area contributed by atoms with E-state index in [4.69, 9.17) is 5.73 Å². The minimum Gasteiger partial charge on any atom is -0.383 e. The van der Waals surface area contributed by atoms with Gasteiger partial charge in [-0.05, 0) is 49.3 Å². The summed E-state index contributed by atoms with van der Waals surface area (Å²) in [5.74, 6) is 1.32. The molecule has 3 N–H and O–H groups in total.